The molecule has 0 saturated carbocycles. The summed E-state index contributed by atoms with van der Waals surface area (Å²) in [7, 11) is 0. The second-order valence-corrected chi connectivity index (χ2v) is 8.26. The summed E-state index contributed by atoms with van der Waals surface area (Å²) >= 11 is 0. The third kappa shape index (κ3) is 3.83. The molecular weight excluding hydrogens is 410 g/mol. The van der Waals surface area contributed by atoms with Crippen LogP contribution in [0, 0.1) is 0 Å². The van der Waals surface area contributed by atoms with Gasteiger partial charge in [-0.25, -0.2) is 0 Å². The molecule has 0 aliphatic carbocycles. The second-order valence-electron chi connectivity index (χ2n) is 8.26. The molecule has 0 amide bonds. The van der Waals surface area contributed by atoms with Crippen LogP contribution in [0.15, 0.2) is 102 Å². The maximum Gasteiger partial charge on any atom is 0.115 e. The molecule has 33 heavy (non-hydrogen) atoms. The van der Waals surface area contributed by atoms with E-state index in [1.165, 1.54) is 10.8 Å². The molecular formula is C28H23N3O2. The van der Waals surface area contributed by atoms with Crippen molar-refractivity contribution in [2.75, 3.05) is 18.2 Å². The van der Waals surface area contributed by atoms with Crippen LogP contribution < -0.4 is 5.01 Å². The molecule has 1 aliphatic rings. The van der Waals surface area contributed by atoms with E-state index in [-0.39, 0.29) is 11.9 Å². The summed E-state index contributed by atoms with van der Waals surface area (Å²) in [5.74, 6) is 0.262. The largest absolute Gasteiger partial charge is 0.508 e. The van der Waals surface area contributed by atoms with Crippen LogP contribution in [0.25, 0.3) is 27.5 Å². The van der Waals surface area contributed by atoms with Crippen molar-refractivity contribution in [2.45, 2.75) is 6.10 Å². The number of aromatic hydroxyl groups is 1. The number of hydrogen-bond acceptors (Lipinski definition) is 4. The van der Waals surface area contributed by atoms with Crippen molar-refractivity contribution in [2.24, 2.45) is 5.10 Å². The van der Waals surface area contributed by atoms with Gasteiger partial charge in [-0.05, 0) is 60.2 Å². The lowest BCUT2D eigenvalue weighted by atomic mass is 10.1. The number of anilines is 1. The molecule has 5 heteroatoms. The summed E-state index contributed by atoms with van der Waals surface area (Å²) in [6.45, 7) is 1.53. The SMILES string of the molecule is Oc1ccc(-n2c3ccccc3c3cc(C=NN(CC4CO4)c4ccccc4)ccc32)cc1. The Morgan fingerprint density at radius 1 is 0.879 bits per heavy atom. The highest BCUT2D eigenvalue weighted by atomic mass is 16.6. The summed E-state index contributed by atoms with van der Waals surface area (Å²) in [5.41, 5.74) is 5.34. The normalized spacial score (nSPS) is 15.5. The van der Waals surface area contributed by atoms with Crippen LogP contribution in [-0.2, 0) is 4.74 Å². The molecule has 1 aliphatic heterocycles. The van der Waals surface area contributed by atoms with Crippen molar-refractivity contribution in [1.29, 1.82) is 0 Å². The highest BCUT2D eigenvalue weighted by molar-refractivity contribution is 6.10. The Bertz CT molecular complexity index is 1450. The first-order valence-electron chi connectivity index (χ1n) is 11.1. The molecule has 0 spiro atoms. The number of fused-ring (bicyclic) bond motifs is 3. The number of nitrogens with zero attached hydrogens (tertiary/aromatic N) is 3. The van der Waals surface area contributed by atoms with E-state index in [1.807, 2.05) is 41.6 Å². The summed E-state index contributed by atoms with van der Waals surface area (Å²) in [6.07, 6.45) is 2.16. The van der Waals surface area contributed by atoms with E-state index in [2.05, 4.69) is 59.2 Å². The fourth-order valence-electron chi connectivity index (χ4n) is 4.27. The quantitative estimate of drug-likeness (QED) is 0.211. The molecule has 5 aromatic rings. The van der Waals surface area contributed by atoms with Crippen LogP contribution in [0.1, 0.15) is 5.56 Å². The van der Waals surface area contributed by atoms with Crippen LogP contribution >= 0.6 is 0 Å². The van der Waals surface area contributed by atoms with Crippen molar-refractivity contribution in [3.05, 3.63) is 103 Å². The van der Waals surface area contributed by atoms with Crippen molar-refractivity contribution in [1.82, 2.24) is 4.57 Å². The van der Waals surface area contributed by atoms with E-state index in [0.29, 0.717) is 0 Å². The van der Waals surface area contributed by atoms with Crippen LogP contribution in [0.5, 0.6) is 5.75 Å². The molecule has 6 rings (SSSR count). The molecule has 4 aromatic carbocycles. The minimum absolute atomic E-state index is 0.244. The van der Waals surface area contributed by atoms with E-state index in [9.17, 15) is 5.11 Å². The summed E-state index contributed by atoms with van der Waals surface area (Å²) < 4.78 is 7.66. The number of benzene rings is 4. The first-order chi connectivity index (χ1) is 16.3. The van der Waals surface area contributed by atoms with Gasteiger partial charge < -0.3 is 14.4 Å². The lowest BCUT2D eigenvalue weighted by Crippen LogP contribution is -2.22. The van der Waals surface area contributed by atoms with Gasteiger partial charge in [0.05, 0.1) is 36.1 Å². The predicted octanol–water partition coefficient (Wildman–Crippen LogP) is 5.73. The number of hydrazone groups is 1. The Morgan fingerprint density at radius 2 is 1.61 bits per heavy atom. The van der Waals surface area contributed by atoms with Gasteiger partial charge in [0.15, 0.2) is 0 Å². The van der Waals surface area contributed by atoms with Crippen LogP contribution in [0.3, 0.4) is 0 Å². The Labute approximate surface area is 191 Å². The third-order valence-electron chi connectivity index (χ3n) is 5.98. The standard InChI is InChI=1S/C28H23N3O2/c32-23-13-11-22(12-14-23)31-27-9-5-4-8-25(27)26-16-20(10-15-28(26)31)17-29-30(18-24-19-33-24)21-6-2-1-3-7-21/h1-17,24,32H,18-19H2. The smallest absolute Gasteiger partial charge is 0.115 e. The molecule has 162 valence electrons. The summed E-state index contributed by atoms with van der Waals surface area (Å²) in [5, 5.41) is 18.9. The molecule has 5 nitrogen and oxygen atoms in total. The zero-order valence-corrected chi connectivity index (χ0v) is 18.0. The summed E-state index contributed by atoms with van der Waals surface area (Å²) in [4.78, 5) is 0. The fraction of sp³-hybridized carbons (Fsp3) is 0.107. The van der Waals surface area contributed by atoms with Gasteiger partial charge >= 0.3 is 0 Å². The molecule has 1 unspecified atom stereocenters. The van der Waals surface area contributed by atoms with E-state index in [1.54, 1.807) is 12.1 Å². The number of hydrogen-bond donors (Lipinski definition) is 1. The first-order valence-corrected chi connectivity index (χ1v) is 11.1. The fourth-order valence-corrected chi connectivity index (χ4v) is 4.27. The molecule has 0 bridgehead atoms. The van der Waals surface area contributed by atoms with Gasteiger partial charge in [-0.15, -0.1) is 0 Å². The Hall–Kier alpha value is -4.09. The minimum atomic E-state index is 0.244. The summed E-state index contributed by atoms with van der Waals surface area (Å²) in [6, 6.07) is 32.3. The van der Waals surface area contributed by atoms with Crippen LogP contribution in [0.4, 0.5) is 5.69 Å². The van der Waals surface area contributed by atoms with Gasteiger partial charge in [-0.1, -0.05) is 42.5 Å². The van der Waals surface area contributed by atoms with Crippen molar-refractivity contribution in [3.8, 4) is 11.4 Å². The van der Waals surface area contributed by atoms with Crippen LogP contribution in [0.2, 0.25) is 0 Å². The number of aromatic nitrogens is 1. The van der Waals surface area contributed by atoms with Gasteiger partial charge in [0.1, 0.15) is 11.9 Å². The number of phenols is 1. The van der Waals surface area contributed by atoms with E-state index in [0.717, 1.165) is 41.1 Å². The van der Waals surface area contributed by atoms with Crippen molar-refractivity contribution < 1.29 is 9.84 Å². The van der Waals surface area contributed by atoms with E-state index >= 15 is 0 Å². The van der Waals surface area contributed by atoms with Crippen molar-refractivity contribution >= 4 is 33.7 Å². The average Bonchev–Trinajstić information content (AvgIpc) is 3.63. The molecule has 2 heterocycles. The van der Waals surface area contributed by atoms with Gasteiger partial charge in [0.25, 0.3) is 0 Å². The predicted molar refractivity (Wildman–Crippen MR) is 134 cm³/mol. The molecule has 1 atom stereocenters. The minimum Gasteiger partial charge on any atom is -0.508 e. The number of epoxide rings is 1. The molecule has 0 radical (unpaired) electrons. The van der Waals surface area contributed by atoms with Gasteiger partial charge in [-0.3, -0.25) is 5.01 Å². The molecule has 1 N–H and O–H groups in total. The van der Waals surface area contributed by atoms with Gasteiger partial charge in [-0.2, -0.15) is 5.10 Å². The van der Waals surface area contributed by atoms with E-state index in [4.69, 9.17) is 9.84 Å². The third-order valence-corrected chi connectivity index (χ3v) is 5.98. The number of rotatable bonds is 6. The number of ether oxygens (including phenoxy) is 1. The average molecular weight is 434 g/mol. The van der Waals surface area contributed by atoms with Crippen LogP contribution in [-0.4, -0.2) is 35.1 Å². The lowest BCUT2D eigenvalue weighted by Gasteiger charge is -2.17. The molecule has 1 fully saturated rings. The zero-order valence-electron chi connectivity index (χ0n) is 18.0. The molecule has 1 aromatic heterocycles. The zero-order chi connectivity index (χ0) is 22.2. The second kappa shape index (κ2) is 8.11. The first kappa shape index (κ1) is 19.6. The Morgan fingerprint density at radius 3 is 2.39 bits per heavy atom. The highest BCUT2D eigenvalue weighted by Crippen LogP contribution is 2.33. The topological polar surface area (TPSA) is 53.3 Å². The monoisotopic (exact) mass is 433 g/mol. The van der Waals surface area contributed by atoms with Gasteiger partial charge in [0, 0.05) is 16.5 Å². The maximum absolute atomic E-state index is 9.73. The highest BCUT2D eigenvalue weighted by Gasteiger charge is 2.25. The maximum atomic E-state index is 9.73. The lowest BCUT2D eigenvalue weighted by molar-refractivity contribution is 0.408. The van der Waals surface area contributed by atoms with Gasteiger partial charge in [0.2, 0.25) is 0 Å². The Kier molecular flexibility index (Phi) is 4.82. The number of phenolic OH excluding ortho intramolecular Hbond substituents is 1. The van der Waals surface area contributed by atoms with E-state index < -0.39 is 0 Å². The van der Waals surface area contributed by atoms with Crippen molar-refractivity contribution in [3.63, 3.8) is 0 Å². The Balaban J connectivity index is 1.42. The number of para-hydroxylation sites is 2. The molecule has 1 saturated heterocycles.